The van der Waals surface area contributed by atoms with E-state index in [4.69, 9.17) is 0 Å². The molecule has 0 aromatic heterocycles. The van der Waals surface area contributed by atoms with Gasteiger partial charge in [0.1, 0.15) is 0 Å². The van der Waals surface area contributed by atoms with Gasteiger partial charge < -0.3 is 10.6 Å². The second kappa shape index (κ2) is 5.51. The van der Waals surface area contributed by atoms with E-state index in [1.54, 1.807) is 0 Å². The molecule has 0 fully saturated rings. The Kier molecular flexibility index (Phi) is 4.31. The fraction of sp³-hybridized carbons (Fsp3) is 0.417. The zero-order valence-electron chi connectivity index (χ0n) is 9.55. The van der Waals surface area contributed by atoms with Crippen LogP contribution in [0.5, 0.6) is 0 Å². The first-order valence-corrected chi connectivity index (χ1v) is 5.20. The van der Waals surface area contributed by atoms with Crippen LogP contribution in [0.3, 0.4) is 0 Å². The lowest BCUT2D eigenvalue weighted by Crippen LogP contribution is -2.27. The van der Waals surface area contributed by atoms with Crippen molar-refractivity contribution < 1.29 is 4.79 Å². The molecular formula is C12H18N2O. The maximum atomic E-state index is 11.4. The second-order valence-corrected chi connectivity index (χ2v) is 3.70. The van der Waals surface area contributed by atoms with Crippen molar-refractivity contribution >= 4 is 11.6 Å². The topological polar surface area (TPSA) is 41.1 Å². The Hall–Kier alpha value is -1.35. The Balaban J connectivity index is 2.60. The largest absolute Gasteiger partial charge is 0.325 e. The van der Waals surface area contributed by atoms with Crippen molar-refractivity contribution in [3.05, 3.63) is 29.3 Å². The van der Waals surface area contributed by atoms with E-state index in [-0.39, 0.29) is 5.91 Å². The van der Waals surface area contributed by atoms with E-state index in [9.17, 15) is 4.79 Å². The predicted octanol–water partition coefficient (Wildman–Crippen LogP) is 1.85. The lowest BCUT2D eigenvalue weighted by atomic mass is 10.1. The Bertz CT molecular complexity index is 327. The van der Waals surface area contributed by atoms with Gasteiger partial charge in [-0.2, -0.15) is 0 Å². The van der Waals surface area contributed by atoms with E-state index in [2.05, 4.69) is 16.7 Å². The number of rotatable bonds is 4. The predicted molar refractivity (Wildman–Crippen MR) is 63.1 cm³/mol. The van der Waals surface area contributed by atoms with Crippen LogP contribution in [0.2, 0.25) is 0 Å². The van der Waals surface area contributed by atoms with E-state index in [0.29, 0.717) is 6.54 Å². The van der Waals surface area contributed by atoms with Crippen molar-refractivity contribution in [3.63, 3.8) is 0 Å². The van der Waals surface area contributed by atoms with Crippen LogP contribution < -0.4 is 10.6 Å². The van der Waals surface area contributed by atoms with E-state index >= 15 is 0 Å². The molecule has 0 bridgehead atoms. The van der Waals surface area contributed by atoms with Gasteiger partial charge in [-0.1, -0.05) is 13.0 Å². The summed E-state index contributed by atoms with van der Waals surface area (Å²) >= 11 is 0. The molecule has 0 saturated carbocycles. The highest BCUT2D eigenvalue weighted by Crippen LogP contribution is 2.13. The van der Waals surface area contributed by atoms with Crippen LogP contribution in [0.1, 0.15) is 18.1 Å². The average Bonchev–Trinajstić information content (AvgIpc) is 2.13. The lowest BCUT2D eigenvalue weighted by molar-refractivity contribution is -0.115. The smallest absolute Gasteiger partial charge is 0.238 e. The lowest BCUT2D eigenvalue weighted by Gasteiger charge is -2.07. The molecule has 0 saturated heterocycles. The molecule has 2 N–H and O–H groups in total. The fourth-order valence-corrected chi connectivity index (χ4v) is 1.49. The summed E-state index contributed by atoms with van der Waals surface area (Å²) in [5.74, 6) is 0.00171. The number of likely N-dealkylation sites (N-methyl/N-ethyl adjacent to an activating group) is 1. The summed E-state index contributed by atoms with van der Waals surface area (Å²) in [7, 11) is 0. The highest BCUT2D eigenvalue weighted by molar-refractivity contribution is 5.92. The van der Waals surface area contributed by atoms with Crippen LogP contribution in [-0.2, 0) is 4.79 Å². The van der Waals surface area contributed by atoms with Gasteiger partial charge in [0.15, 0.2) is 0 Å². The first kappa shape index (κ1) is 11.7. The number of hydrogen-bond donors (Lipinski definition) is 2. The first-order chi connectivity index (χ1) is 7.11. The molecule has 0 spiro atoms. The summed E-state index contributed by atoms with van der Waals surface area (Å²) in [6.45, 7) is 7.19. The van der Waals surface area contributed by atoms with E-state index in [0.717, 1.165) is 23.4 Å². The van der Waals surface area contributed by atoms with Gasteiger partial charge in [-0.25, -0.2) is 0 Å². The van der Waals surface area contributed by atoms with Gasteiger partial charge in [0.2, 0.25) is 5.91 Å². The number of benzene rings is 1. The van der Waals surface area contributed by atoms with Gasteiger partial charge in [0, 0.05) is 5.69 Å². The van der Waals surface area contributed by atoms with Crippen molar-refractivity contribution in [3.8, 4) is 0 Å². The molecule has 1 rings (SSSR count). The van der Waals surface area contributed by atoms with Gasteiger partial charge in [-0.15, -0.1) is 0 Å². The Labute approximate surface area is 90.9 Å². The summed E-state index contributed by atoms with van der Waals surface area (Å²) < 4.78 is 0. The molecule has 0 heterocycles. The second-order valence-electron chi connectivity index (χ2n) is 3.70. The standard InChI is InChI=1S/C12H18N2O/c1-4-13-8-12(15)14-11-6-9(2)5-10(3)7-11/h5-7,13H,4,8H2,1-3H3,(H,14,15). The van der Waals surface area contributed by atoms with Crippen molar-refractivity contribution in [2.45, 2.75) is 20.8 Å². The number of nitrogens with one attached hydrogen (secondary N) is 2. The van der Waals surface area contributed by atoms with Gasteiger partial charge >= 0.3 is 0 Å². The first-order valence-electron chi connectivity index (χ1n) is 5.20. The zero-order chi connectivity index (χ0) is 11.3. The maximum absolute atomic E-state index is 11.4. The van der Waals surface area contributed by atoms with Crippen LogP contribution in [0.15, 0.2) is 18.2 Å². The highest BCUT2D eigenvalue weighted by Gasteiger charge is 2.01. The molecule has 1 aromatic carbocycles. The molecule has 0 radical (unpaired) electrons. The van der Waals surface area contributed by atoms with Crippen LogP contribution in [0, 0.1) is 13.8 Å². The number of hydrogen-bond acceptors (Lipinski definition) is 2. The molecule has 3 heteroatoms. The third kappa shape index (κ3) is 4.13. The Morgan fingerprint density at radius 1 is 1.20 bits per heavy atom. The summed E-state index contributed by atoms with van der Waals surface area (Å²) in [5.41, 5.74) is 3.19. The van der Waals surface area contributed by atoms with E-state index in [1.807, 2.05) is 32.9 Å². The molecule has 15 heavy (non-hydrogen) atoms. The normalized spacial score (nSPS) is 10.1. The van der Waals surface area contributed by atoms with Crippen molar-refractivity contribution in [1.29, 1.82) is 0 Å². The molecule has 1 aromatic rings. The van der Waals surface area contributed by atoms with Crippen molar-refractivity contribution in [2.75, 3.05) is 18.4 Å². The number of anilines is 1. The summed E-state index contributed by atoms with van der Waals surface area (Å²) in [6.07, 6.45) is 0. The molecular weight excluding hydrogens is 188 g/mol. The number of carbonyl (C=O) groups excluding carboxylic acids is 1. The molecule has 3 nitrogen and oxygen atoms in total. The minimum absolute atomic E-state index is 0.00171. The van der Waals surface area contributed by atoms with Gasteiger partial charge in [0.05, 0.1) is 6.54 Å². The molecule has 0 atom stereocenters. The zero-order valence-corrected chi connectivity index (χ0v) is 9.55. The minimum Gasteiger partial charge on any atom is -0.325 e. The van der Waals surface area contributed by atoms with Crippen LogP contribution in [-0.4, -0.2) is 19.0 Å². The molecule has 0 aliphatic carbocycles. The number of amides is 1. The van der Waals surface area contributed by atoms with Crippen LogP contribution >= 0.6 is 0 Å². The van der Waals surface area contributed by atoms with E-state index < -0.39 is 0 Å². The summed E-state index contributed by atoms with van der Waals surface area (Å²) in [6, 6.07) is 6.02. The van der Waals surface area contributed by atoms with Gasteiger partial charge in [-0.3, -0.25) is 4.79 Å². The molecule has 0 aliphatic rings. The fourth-order valence-electron chi connectivity index (χ4n) is 1.49. The molecule has 82 valence electrons. The third-order valence-electron chi connectivity index (χ3n) is 2.04. The van der Waals surface area contributed by atoms with Crippen molar-refractivity contribution in [1.82, 2.24) is 5.32 Å². The van der Waals surface area contributed by atoms with Gasteiger partial charge in [0.25, 0.3) is 0 Å². The average molecular weight is 206 g/mol. The monoisotopic (exact) mass is 206 g/mol. The Morgan fingerprint density at radius 3 is 2.33 bits per heavy atom. The van der Waals surface area contributed by atoms with Crippen LogP contribution in [0.4, 0.5) is 5.69 Å². The summed E-state index contributed by atoms with van der Waals surface area (Å²) in [4.78, 5) is 11.4. The minimum atomic E-state index is 0.00171. The molecule has 0 unspecified atom stereocenters. The van der Waals surface area contributed by atoms with Gasteiger partial charge in [-0.05, 0) is 43.7 Å². The van der Waals surface area contributed by atoms with Crippen LogP contribution in [0.25, 0.3) is 0 Å². The Morgan fingerprint density at radius 2 is 1.80 bits per heavy atom. The highest BCUT2D eigenvalue weighted by atomic mass is 16.1. The molecule has 1 amide bonds. The maximum Gasteiger partial charge on any atom is 0.238 e. The summed E-state index contributed by atoms with van der Waals surface area (Å²) in [5, 5.41) is 5.84. The number of aryl methyl sites for hydroxylation is 2. The van der Waals surface area contributed by atoms with E-state index in [1.165, 1.54) is 0 Å². The SMILES string of the molecule is CCNCC(=O)Nc1cc(C)cc(C)c1. The number of carbonyl (C=O) groups is 1. The third-order valence-corrected chi connectivity index (χ3v) is 2.04. The van der Waals surface area contributed by atoms with Crippen molar-refractivity contribution in [2.24, 2.45) is 0 Å². The molecule has 0 aliphatic heterocycles. The quantitative estimate of drug-likeness (QED) is 0.789.